The second kappa shape index (κ2) is 5.43. The minimum atomic E-state index is 0.0471. The van der Waals surface area contributed by atoms with E-state index in [0.29, 0.717) is 0 Å². The Labute approximate surface area is 99.5 Å². The van der Waals surface area contributed by atoms with Gasteiger partial charge in [-0.25, -0.2) is 10.4 Å². The molecule has 0 aromatic carbocycles. The third-order valence-corrected chi connectivity index (χ3v) is 3.54. The quantitative estimate of drug-likeness (QED) is 0.618. The normalized spacial score (nSPS) is 17.8. The predicted molar refractivity (Wildman–Crippen MR) is 64.9 cm³/mol. The Bertz CT molecular complexity index is 375. The van der Waals surface area contributed by atoms with E-state index in [4.69, 9.17) is 10.6 Å². The van der Waals surface area contributed by atoms with Crippen molar-refractivity contribution >= 4 is 11.3 Å². The molecule has 0 amide bonds. The standard InChI is InChI=1S/C11H17N3OS/c1-8-7-16-11(13-8)6-9(14-12)10-4-2-3-5-15-10/h4,7,9,14H,2-3,5-6,12H2,1H3. The molecule has 0 spiro atoms. The first kappa shape index (κ1) is 11.6. The summed E-state index contributed by atoms with van der Waals surface area (Å²) in [5.74, 6) is 6.52. The first-order valence-corrected chi connectivity index (χ1v) is 6.37. The highest BCUT2D eigenvalue weighted by molar-refractivity contribution is 7.09. The highest BCUT2D eigenvalue weighted by atomic mass is 32.1. The van der Waals surface area contributed by atoms with E-state index < -0.39 is 0 Å². The highest BCUT2D eigenvalue weighted by Gasteiger charge is 2.18. The maximum Gasteiger partial charge on any atom is 0.111 e. The molecule has 0 aliphatic carbocycles. The van der Waals surface area contributed by atoms with Crippen LogP contribution in [-0.2, 0) is 11.2 Å². The van der Waals surface area contributed by atoms with E-state index in [-0.39, 0.29) is 6.04 Å². The lowest BCUT2D eigenvalue weighted by Crippen LogP contribution is -2.39. The van der Waals surface area contributed by atoms with Gasteiger partial charge in [0, 0.05) is 17.5 Å². The van der Waals surface area contributed by atoms with E-state index in [1.54, 1.807) is 11.3 Å². The summed E-state index contributed by atoms with van der Waals surface area (Å²) in [5.41, 5.74) is 3.87. The van der Waals surface area contributed by atoms with Gasteiger partial charge in [-0.1, -0.05) is 0 Å². The molecule has 2 heterocycles. The molecule has 1 atom stereocenters. The molecule has 2 rings (SSSR count). The van der Waals surface area contributed by atoms with Gasteiger partial charge in [0.15, 0.2) is 0 Å². The second-order valence-corrected chi connectivity index (χ2v) is 4.85. The van der Waals surface area contributed by atoms with Crippen LogP contribution in [0.4, 0.5) is 0 Å². The van der Waals surface area contributed by atoms with Crippen molar-refractivity contribution in [2.75, 3.05) is 6.61 Å². The number of thiazole rings is 1. The zero-order valence-corrected chi connectivity index (χ0v) is 10.2. The fourth-order valence-electron chi connectivity index (χ4n) is 1.73. The summed E-state index contributed by atoms with van der Waals surface area (Å²) in [6, 6.07) is 0.0471. The molecule has 1 aromatic rings. The third kappa shape index (κ3) is 2.81. The summed E-state index contributed by atoms with van der Waals surface area (Å²) >= 11 is 1.67. The molecular formula is C11H17N3OS. The smallest absolute Gasteiger partial charge is 0.111 e. The van der Waals surface area contributed by atoms with E-state index in [9.17, 15) is 0 Å². The van der Waals surface area contributed by atoms with Gasteiger partial charge in [0.05, 0.1) is 17.7 Å². The largest absolute Gasteiger partial charge is 0.497 e. The zero-order valence-electron chi connectivity index (χ0n) is 9.40. The number of hydrogen-bond acceptors (Lipinski definition) is 5. The first-order valence-electron chi connectivity index (χ1n) is 5.49. The zero-order chi connectivity index (χ0) is 11.4. The molecule has 0 radical (unpaired) electrons. The van der Waals surface area contributed by atoms with Gasteiger partial charge in [-0.05, 0) is 25.8 Å². The van der Waals surface area contributed by atoms with Crippen molar-refractivity contribution in [3.8, 4) is 0 Å². The number of aryl methyl sites for hydroxylation is 1. The maximum atomic E-state index is 5.61. The average Bonchev–Trinajstić information content (AvgIpc) is 2.73. The summed E-state index contributed by atoms with van der Waals surface area (Å²) in [6.07, 6.45) is 5.08. The van der Waals surface area contributed by atoms with Crippen molar-refractivity contribution < 1.29 is 4.74 Å². The van der Waals surface area contributed by atoms with Crippen LogP contribution in [0.25, 0.3) is 0 Å². The van der Waals surface area contributed by atoms with Crippen LogP contribution >= 0.6 is 11.3 Å². The molecular weight excluding hydrogens is 222 g/mol. The third-order valence-electron chi connectivity index (χ3n) is 2.55. The Morgan fingerprint density at radius 3 is 3.12 bits per heavy atom. The lowest BCUT2D eigenvalue weighted by molar-refractivity contribution is 0.167. The molecule has 0 saturated heterocycles. The Balaban J connectivity index is 2.02. The first-order chi connectivity index (χ1) is 7.79. The van der Waals surface area contributed by atoms with Crippen molar-refractivity contribution in [3.05, 3.63) is 27.9 Å². The molecule has 1 aliphatic rings. The molecule has 16 heavy (non-hydrogen) atoms. The minimum absolute atomic E-state index is 0.0471. The van der Waals surface area contributed by atoms with Crippen LogP contribution in [0.3, 0.4) is 0 Å². The van der Waals surface area contributed by atoms with Gasteiger partial charge >= 0.3 is 0 Å². The van der Waals surface area contributed by atoms with Crippen molar-refractivity contribution in [1.29, 1.82) is 0 Å². The van der Waals surface area contributed by atoms with E-state index in [1.807, 2.05) is 6.92 Å². The van der Waals surface area contributed by atoms with Gasteiger partial charge in [0.2, 0.25) is 0 Å². The Morgan fingerprint density at radius 2 is 2.56 bits per heavy atom. The summed E-state index contributed by atoms with van der Waals surface area (Å²) in [6.45, 7) is 2.79. The van der Waals surface area contributed by atoms with Crippen molar-refractivity contribution in [3.63, 3.8) is 0 Å². The number of nitrogens with zero attached hydrogens (tertiary/aromatic N) is 1. The molecule has 1 aromatic heterocycles. The van der Waals surface area contributed by atoms with Crippen LogP contribution in [0.5, 0.6) is 0 Å². The van der Waals surface area contributed by atoms with Crippen molar-refractivity contribution in [2.45, 2.75) is 32.2 Å². The SMILES string of the molecule is Cc1csc(CC(NN)C2=CCCCO2)n1. The van der Waals surface area contributed by atoms with Crippen LogP contribution in [0.15, 0.2) is 17.2 Å². The average molecular weight is 239 g/mol. The van der Waals surface area contributed by atoms with Crippen molar-refractivity contribution in [1.82, 2.24) is 10.4 Å². The van der Waals surface area contributed by atoms with E-state index in [1.165, 1.54) is 0 Å². The van der Waals surface area contributed by atoms with Crippen LogP contribution in [0.2, 0.25) is 0 Å². The van der Waals surface area contributed by atoms with Crippen molar-refractivity contribution in [2.24, 2.45) is 5.84 Å². The number of hydrazine groups is 1. The summed E-state index contributed by atoms with van der Waals surface area (Å²) in [5, 5.41) is 3.15. The Kier molecular flexibility index (Phi) is 3.93. The predicted octanol–water partition coefficient (Wildman–Crippen LogP) is 1.52. The van der Waals surface area contributed by atoms with Crippen LogP contribution in [0.1, 0.15) is 23.5 Å². The summed E-state index contributed by atoms with van der Waals surface area (Å²) in [4.78, 5) is 4.43. The number of nitrogens with two attached hydrogens (primary N) is 1. The summed E-state index contributed by atoms with van der Waals surface area (Å²) in [7, 11) is 0. The minimum Gasteiger partial charge on any atom is -0.497 e. The van der Waals surface area contributed by atoms with E-state index >= 15 is 0 Å². The van der Waals surface area contributed by atoms with Gasteiger partial charge in [-0.15, -0.1) is 11.3 Å². The molecule has 3 N–H and O–H groups in total. The van der Waals surface area contributed by atoms with Gasteiger partial charge < -0.3 is 4.74 Å². The molecule has 1 aliphatic heterocycles. The fourth-order valence-corrected chi connectivity index (χ4v) is 2.55. The topological polar surface area (TPSA) is 60.2 Å². The van der Waals surface area contributed by atoms with E-state index in [2.05, 4.69) is 21.9 Å². The van der Waals surface area contributed by atoms with Gasteiger partial charge in [-0.3, -0.25) is 5.84 Å². The Hall–Kier alpha value is -0.910. The lowest BCUT2D eigenvalue weighted by Gasteiger charge is -2.22. The number of allylic oxidation sites excluding steroid dienone is 1. The number of nitrogens with one attached hydrogen (secondary N) is 1. The van der Waals surface area contributed by atoms with Crippen LogP contribution in [-0.4, -0.2) is 17.6 Å². The number of ether oxygens (including phenoxy) is 1. The molecule has 0 fully saturated rings. The monoisotopic (exact) mass is 239 g/mol. The number of hydrogen-bond donors (Lipinski definition) is 2. The summed E-state index contributed by atoms with van der Waals surface area (Å²) < 4.78 is 5.61. The highest BCUT2D eigenvalue weighted by Crippen LogP contribution is 2.18. The number of aromatic nitrogens is 1. The molecule has 4 nitrogen and oxygen atoms in total. The molecule has 5 heteroatoms. The lowest BCUT2D eigenvalue weighted by atomic mass is 10.1. The van der Waals surface area contributed by atoms with Gasteiger partial charge in [0.1, 0.15) is 5.76 Å². The molecule has 1 unspecified atom stereocenters. The van der Waals surface area contributed by atoms with Crippen LogP contribution in [0, 0.1) is 6.92 Å². The fraction of sp³-hybridized carbons (Fsp3) is 0.545. The second-order valence-electron chi connectivity index (χ2n) is 3.90. The van der Waals surface area contributed by atoms with E-state index in [0.717, 1.165) is 42.3 Å². The van der Waals surface area contributed by atoms with Gasteiger partial charge in [0.25, 0.3) is 0 Å². The molecule has 0 bridgehead atoms. The Morgan fingerprint density at radius 1 is 1.69 bits per heavy atom. The maximum absolute atomic E-state index is 5.61. The molecule has 0 saturated carbocycles. The number of rotatable bonds is 4. The molecule has 88 valence electrons. The van der Waals surface area contributed by atoms with Crippen LogP contribution < -0.4 is 11.3 Å². The van der Waals surface area contributed by atoms with Gasteiger partial charge in [-0.2, -0.15) is 0 Å².